The van der Waals surface area contributed by atoms with Gasteiger partial charge >= 0.3 is 0 Å². The lowest BCUT2D eigenvalue weighted by atomic mass is 9.65. The van der Waals surface area contributed by atoms with Crippen molar-refractivity contribution in [2.75, 3.05) is 18.4 Å². The second-order valence-corrected chi connectivity index (χ2v) is 9.49. The molecule has 3 aliphatic rings. The number of nitrogens with one attached hydrogen (secondary N) is 1. The molecule has 2 aliphatic carbocycles. The van der Waals surface area contributed by atoms with Gasteiger partial charge in [-0.25, -0.2) is 4.52 Å². The number of primary amides is 1. The third-order valence-corrected chi connectivity index (χ3v) is 7.28. The minimum Gasteiger partial charge on any atom is -0.377 e. The highest BCUT2D eigenvalue weighted by molar-refractivity contribution is 9.10. The van der Waals surface area contributed by atoms with Gasteiger partial charge in [-0.15, -0.1) is 0 Å². The SMILES string of the molecule is N#CC1(C(=O)N2CC(Nc3c(C(N)=O)cnn4cc(Br)cc34)C3(CCC3)C2)CC1. The highest BCUT2D eigenvalue weighted by atomic mass is 79.9. The van der Waals surface area contributed by atoms with Crippen LogP contribution in [0.4, 0.5) is 5.69 Å². The zero-order valence-corrected chi connectivity index (χ0v) is 17.4. The Bertz CT molecular complexity index is 1080. The molecule has 1 unspecified atom stereocenters. The highest BCUT2D eigenvalue weighted by Crippen LogP contribution is 2.53. The summed E-state index contributed by atoms with van der Waals surface area (Å²) < 4.78 is 2.54. The fraction of sp³-hybridized carbons (Fsp3) is 0.500. The van der Waals surface area contributed by atoms with Crippen LogP contribution in [0.1, 0.15) is 42.5 Å². The van der Waals surface area contributed by atoms with Gasteiger partial charge < -0.3 is 16.0 Å². The minimum absolute atomic E-state index is 0.00679. The lowest BCUT2D eigenvalue weighted by Gasteiger charge is -2.43. The van der Waals surface area contributed by atoms with E-state index < -0.39 is 11.3 Å². The van der Waals surface area contributed by atoms with E-state index in [-0.39, 0.29) is 17.4 Å². The summed E-state index contributed by atoms with van der Waals surface area (Å²) >= 11 is 3.46. The molecule has 2 saturated carbocycles. The van der Waals surface area contributed by atoms with Crippen molar-refractivity contribution in [2.24, 2.45) is 16.6 Å². The third kappa shape index (κ3) is 2.73. The molecular formula is C20H21BrN6O2. The number of rotatable bonds is 4. The van der Waals surface area contributed by atoms with E-state index in [1.54, 1.807) is 4.52 Å². The standard InChI is InChI=1S/C20H21BrN6O2/c21-12-6-14-16(13(17(23)28)7-24-27(14)8-12)25-15-9-26(11-20(15)2-1-3-20)18(29)19(10-22)4-5-19/h6-8,15,25H,1-5,9,11H2,(H2,23,28). The summed E-state index contributed by atoms with van der Waals surface area (Å²) in [6, 6.07) is 4.10. The quantitative estimate of drug-likeness (QED) is 0.731. The van der Waals surface area contributed by atoms with E-state index in [9.17, 15) is 14.9 Å². The van der Waals surface area contributed by atoms with Crippen molar-refractivity contribution in [1.29, 1.82) is 5.26 Å². The number of nitriles is 1. The summed E-state index contributed by atoms with van der Waals surface area (Å²) in [5.74, 6) is -0.592. The largest absolute Gasteiger partial charge is 0.377 e. The molecule has 29 heavy (non-hydrogen) atoms. The molecule has 2 aromatic rings. The molecule has 0 radical (unpaired) electrons. The number of hydrogen-bond acceptors (Lipinski definition) is 5. The van der Waals surface area contributed by atoms with E-state index in [2.05, 4.69) is 32.4 Å². The van der Waals surface area contributed by atoms with Crippen molar-refractivity contribution in [3.63, 3.8) is 0 Å². The van der Waals surface area contributed by atoms with Crippen molar-refractivity contribution in [2.45, 2.75) is 38.1 Å². The van der Waals surface area contributed by atoms with Gasteiger partial charge in [0.1, 0.15) is 5.41 Å². The number of anilines is 1. The normalized spacial score (nSPS) is 23.6. The van der Waals surface area contributed by atoms with E-state index in [1.807, 2.05) is 17.2 Å². The average molecular weight is 457 g/mol. The average Bonchev–Trinajstić information content (AvgIpc) is 3.22. The number of hydrogen-bond donors (Lipinski definition) is 2. The molecule has 0 bridgehead atoms. The summed E-state index contributed by atoms with van der Waals surface area (Å²) in [6.45, 7) is 1.18. The first kappa shape index (κ1) is 18.4. The molecule has 1 spiro atoms. The van der Waals surface area contributed by atoms with Crippen LogP contribution in [0.2, 0.25) is 0 Å². The van der Waals surface area contributed by atoms with Gasteiger partial charge in [0.15, 0.2) is 0 Å². The molecule has 3 N–H and O–H groups in total. The van der Waals surface area contributed by atoms with E-state index in [0.29, 0.717) is 37.2 Å². The van der Waals surface area contributed by atoms with Crippen molar-refractivity contribution in [3.05, 3.63) is 28.5 Å². The van der Waals surface area contributed by atoms with Gasteiger partial charge in [-0.2, -0.15) is 10.4 Å². The van der Waals surface area contributed by atoms with Gasteiger partial charge in [-0.3, -0.25) is 9.59 Å². The monoisotopic (exact) mass is 456 g/mol. The number of amides is 2. The maximum Gasteiger partial charge on any atom is 0.252 e. The smallest absolute Gasteiger partial charge is 0.252 e. The molecule has 0 aromatic carbocycles. The van der Waals surface area contributed by atoms with Crippen molar-refractivity contribution in [3.8, 4) is 6.07 Å². The summed E-state index contributed by atoms with van der Waals surface area (Å²) in [5.41, 5.74) is 6.51. The molecule has 1 aliphatic heterocycles. The Morgan fingerprint density at radius 3 is 2.69 bits per heavy atom. The maximum absolute atomic E-state index is 13.0. The van der Waals surface area contributed by atoms with Crippen LogP contribution < -0.4 is 11.1 Å². The fourth-order valence-corrected chi connectivity index (χ4v) is 5.21. The van der Waals surface area contributed by atoms with Crippen molar-refractivity contribution >= 4 is 38.9 Å². The first-order valence-electron chi connectivity index (χ1n) is 9.81. The number of halogens is 1. The van der Waals surface area contributed by atoms with Crippen LogP contribution in [-0.2, 0) is 4.79 Å². The molecular weight excluding hydrogens is 436 g/mol. The predicted octanol–water partition coefficient (Wildman–Crippen LogP) is 2.29. The number of nitrogens with two attached hydrogens (primary N) is 1. The Kier molecular flexibility index (Phi) is 3.94. The molecule has 3 heterocycles. The molecule has 3 fully saturated rings. The number of carbonyl (C=O) groups excluding carboxylic acids is 2. The van der Waals surface area contributed by atoms with Crippen molar-refractivity contribution < 1.29 is 9.59 Å². The molecule has 1 saturated heterocycles. The Balaban J connectivity index is 1.50. The highest BCUT2D eigenvalue weighted by Gasteiger charge is 2.58. The fourth-order valence-electron chi connectivity index (χ4n) is 4.80. The first-order chi connectivity index (χ1) is 13.9. The van der Waals surface area contributed by atoms with Crippen LogP contribution in [0, 0.1) is 22.2 Å². The predicted molar refractivity (Wildman–Crippen MR) is 109 cm³/mol. The Morgan fingerprint density at radius 2 is 2.10 bits per heavy atom. The second-order valence-electron chi connectivity index (χ2n) is 8.58. The summed E-state index contributed by atoms with van der Waals surface area (Å²) in [4.78, 5) is 26.9. The lowest BCUT2D eigenvalue weighted by Crippen LogP contribution is -2.45. The molecule has 5 rings (SSSR count). The van der Waals surface area contributed by atoms with Crippen LogP contribution in [0.25, 0.3) is 5.52 Å². The lowest BCUT2D eigenvalue weighted by molar-refractivity contribution is -0.134. The Labute approximate surface area is 176 Å². The van der Waals surface area contributed by atoms with Gasteiger partial charge in [0.05, 0.1) is 35.1 Å². The molecule has 2 aromatic heterocycles. The minimum atomic E-state index is -0.811. The zero-order chi connectivity index (χ0) is 20.4. The molecule has 150 valence electrons. The van der Waals surface area contributed by atoms with E-state index in [4.69, 9.17) is 5.73 Å². The van der Waals surface area contributed by atoms with E-state index >= 15 is 0 Å². The van der Waals surface area contributed by atoms with Crippen LogP contribution in [0.5, 0.6) is 0 Å². The molecule has 8 nitrogen and oxygen atoms in total. The van der Waals surface area contributed by atoms with Crippen LogP contribution in [0.15, 0.2) is 22.9 Å². The van der Waals surface area contributed by atoms with Gasteiger partial charge in [-0.05, 0) is 47.7 Å². The molecule has 1 atom stereocenters. The number of nitrogens with zero attached hydrogens (tertiary/aromatic N) is 4. The van der Waals surface area contributed by atoms with Gasteiger partial charge in [0.2, 0.25) is 5.91 Å². The third-order valence-electron chi connectivity index (χ3n) is 6.85. The van der Waals surface area contributed by atoms with Crippen LogP contribution in [0.3, 0.4) is 0 Å². The topological polar surface area (TPSA) is 117 Å². The Hall–Kier alpha value is -2.60. The summed E-state index contributed by atoms with van der Waals surface area (Å²) in [6.07, 6.45) is 7.76. The summed E-state index contributed by atoms with van der Waals surface area (Å²) in [5, 5.41) is 17.3. The summed E-state index contributed by atoms with van der Waals surface area (Å²) in [7, 11) is 0. The molecule has 9 heteroatoms. The van der Waals surface area contributed by atoms with E-state index in [0.717, 1.165) is 29.3 Å². The number of aromatic nitrogens is 2. The number of likely N-dealkylation sites (tertiary alicyclic amines) is 1. The van der Waals surface area contributed by atoms with E-state index in [1.165, 1.54) is 6.20 Å². The van der Waals surface area contributed by atoms with Crippen LogP contribution in [-0.4, -0.2) is 45.5 Å². The second kappa shape index (κ2) is 6.20. The maximum atomic E-state index is 13.0. The van der Waals surface area contributed by atoms with Gasteiger partial charge in [-0.1, -0.05) is 6.42 Å². The Morgan fingerprint density at radius 1 is 1.34 bits per heavy atom. The van der Waals surface area contributed by atoms with Gasteiger partial charge in [0, 0.05) is 29.2 Å². The zero-order valence-electron chi connectivity index (χ0n) is 15.8. The molecule has 2 amide bonds. The van der Waals surface area contributed by atoms with Crippen LogP contribution >= 0.6 is 15.9 Å². The van der Waals surface area contributed by atoms with Gasteiger partial charge in [0.25, 0.3) is 5.91 Å². The van der Waals surface area contributed by atoms with Crippen molar-refractivity contribution in [1.82, 2.24) is 14.5 Å². The number of fused-ring (bicyclic) bond motifs is 1. The first-order valence-corrected chi connectivity index (χ1v) is 10.6. The number of carbonyl (C=O) groups is 2.